The predicted octanol–water partition coefficient (Wildman–Crippen LogP) is 3.80. The molecule has 1 aromatic rings. The zero-order chi connectivity index (χ0) is 15.4. The molecule has 3 nitrogen and oxygen atoms in total. The van der Waals surface area contributed by atoms with Crippen LogP contribution in [0.3, 0.4) is 0 Å². The molecule has 0 unspecified atom stereocenters. The van der Waals surface area contributed by atoms with Crippen molar-refractivity contribution in [2.45, 2.75) is 37.8 Å². The highest BCUT2D eigenvalue weighted by molar-refractivity contribution is 7.19. The second-order valence-corrected chi connectivity index (χ2v) is 6.95. The molecular weight excluding hydrogens is 301 g/mol. The SMILES string of the molecule is CN(CC(F)(F)F)c1sc(C(=O)C2CC2)c(N)c1C1CC1. The standard InChI is InChI=1S/C14H17F3N2OS/c1-19(6-14(15,16)17)13-9(7-2-3-7)10(18)12(21-13)11(20)8-4-5-8/h7-8H,2-6,18H2,1H3. The van der Waals surface area contributed by atoms with Crippen molar-refractivity contribution in [3.8, 4) is 0 Å². The van der Waals surface area contributed by atoms with E-state index in [9.17, 15) is 18.0 Å². The second kappa shape index (κ2) is 4.90. The highest BCUT2D eigenvalue weighted by atomic mass is 32.1. The van der Waals surface area contributed by atoms with Gasteiger partial charge in [-0.1, -0.05) is 0 Å². The maximum absolute atomic E-state index is 12.6. The molecule has 0 spiro atoms. The third-order valence-corrected chi connectivity index (χ3v) is 5.23. The summed E-state index contributed by atoms with van der Waals surface area (Å²) in [5.41, 5.74) is 7.27. The normalized spacial score (nSPS) is 18.9. The quantitative estimate of drug-likeness (QED) is 0.840. The molecule has 116 valence electrons. The maximum Gasteiger partial charge on any atom is 0.405 e. The van der Waals surface area contributed by atoms with Crippen molar-refractivity contribution in [2.75, 3.05) is 24.2 Å². The van der Waals surface area contributed by atoms with Crippen LogP contribution in [0.15, 0.2) is 0 Å². The van der Waals surface area contributed by atoms with E-state index in [2.05, 4.69) is 0 Å². The topological polar surface area (TPSA) is 46.3 Å². The number of carbonyl (C=O) groups is 1. The highest BCUT2D eigenvalue weighted by Crippen LogP contribution is 2.53. The van der Waals surface area contributed by atoms with Crippen LogP contribution in [0.2, 0.25) is 0 Å². The molecule has 0 bridgehead atoms. The van der Waals surface area contributed by atoms with E-state index in [1.165, 1.54) is 11.9 Å². The van der Waals surface area contributed by atoms with Crippen LogP contribution < -0.4 is 10.6 Å². The lowest BCUT2D eigenvalue weighted by Crippen LogP contribution is -2.30. The lowest BCUT2D eigenvalue weighted by atomic mass is 10.1. The van der Waals surface area contributed by atoms with Crippen LogP contribution in [0, 0.1) is 5.92 Å². The average molecular weight is 318 g/mol. The van der Waals surface area contributed by atoms with Crippen LogP contribution in [-0.4, -0.2) is 25.6 Å². The maximum atomic E-state index is 12.6. The lowest BCUT2D eigenvalue weighted by molar-refractivity contribution is -0.119. The minimum Gasteiger partial charge on any atom is -0.397 e. The number of alkyl halides is 3. The Balaban J connectivity index is 1.94. The Morgan fingerprint density at radius 1 is 1.33 bits per heavy atom. The molecule has 0 radical (unpaired) electrons. The van der Waals surface area contributed by atoms with E-state index in [4.69, 9.17) is 5.73 Å². The first-order valence-corrected chi connectivity index (χ1v) is 7.84. The largest absolute Gasteiger partial charge is 0.405 e. The van der Waals surface area contributed by atoms with E-state index in [-0.39, 0.29) is 17.6 Å². The summed E-state index contributed by atoms with van der Waals surface area (Å²) in [5.74, 6) is 0.248. The summed E-state index contributed by atoms with van der Waals surface area (Å²) in [5, 5.41) is 0.510. The zero-order valence-electron chi connectivity index (χ0n) is 11.7. The number of hydrogen-bond acceptors (Lipinski definition) is 4. The number of nitrogens with two attached hydrogens (primary N) is 1. The van der Waals surface area contributed by atoms with Crippen LogP contribution in [0.25, 0.3) is 0 Å². The van der Waals surface area contributed by atoms with Crippen LogP contribution in [0.1, 0.15) is 46.8 Å². The Labute approximate surface area is 124 Å². The van der Waals surface area contributed by atoms with Gasteiger partial charge in [0.2, 0.25) is 0 Å². The van der Waals surface area contributed by atoms with Gasteiger partial charge in [-0.05, 0) is 31.6 Å². The van der Waals surface area contributed by atoms with Crippen molar-refractivity contribution >= 4 is 27.8 Å². The number of nitrogens with zero attached hydrogens (tertiary/aromatic N) is 1. The van der Waals surface area contributed by atoms with Crippen LogP contribution in [0.5, 0.6) is 0 Å². The van der Waals surface area contributed by atoms with Crippen molar-refractivity contribution in [1.29, 1.82) is 0 Å². The second-order valence-electron chi connectivity index (χ2n) is 5.95. The van der Waals surface area contributed by atoms with Crippen LogP contribution in [-0.2, 0) is 0 Å². The molecule has 0 saturated heterocycles. The van der Waals surface area contributed by atoms with Gasteiger partial charge in [-0.3, -0.25) is 4.79 Å². The van der Waals surface area contributed by atoms with Crippen LogP contribution in [0.4, 0.5) is 23.9 Å². The Morgan fingerprint density at radius 3 is 2.43 bits per heavy atom. The number of anilines is 2. The number of halogens is 3. The first kappa shape index (κ1) is 14.7. The van der Waals surface area contributed by atoms with E-state index >= 15 is 0 Å². The van der Waals surface area contributed by atoms with E-state index in [1.54, 1.807) is 0 Å². The number of ketones is 1. The molecule has 0 amide bonds. The van der Waals surface area contributed by atoms with Gasteiger partial charge in [-0.2, -0.15) is 13.2 Å². The van der Waals surface area contributed by atoms with Gasteiger partial charge in [-0.15, -0.1) is 11.3 Å². The molecule has 2 N–H and O–H groups in total. The van der Waals surface area contributed by atoms with Gasteiger partial charge in [0.05, 0.1) is 15.6 Å². The van der Waals surface area contributed by atoms with E-state index in [0.29, 0.717) is 15.6 Å². The summed E-state index contributed by atoms with van der Waals surface area (Å²) in [4.78, 5) is 13.9. The van der Waals surface area contributed by atoms with Crippen molar-refractivity contribution in [1.82, 2.24) is 0 Å². The minimum absolute atomic E-state index is 0.00561. The van der Waals surface area contributed by atoms with E-state index in [1.807, 2.05) is 0 Å². The third-order valence-electron chi connectivity index (χ3n) is 3.88. The van der Waals surface area contributed by atoms with E-state index in [0.717, 1.165) is 42.6 Å². The summed E-state index contributed by atoms with van der Waals surface area (Å²) in [7, 11) is 1.41. The predicted molar refractivity (Wildman–Crippen MR) is 77.1 cm³/mol. The zero-order valence-corrected chi connectivity index (χ0v) is 12.5. The van der Waals surface area contributed by atoms with Gasteiger partial charge in [0, 0.05) is 18.5 Å². The molecule has 0 aliphatic heterocycles. The lowest BCUT2D eigenvalue weighted by Gasteiger charge is -2.20. The van der Waals surface area contributed by atoms with Gasteiger partial charge in [0.1, 0.15) is 6.54 Å². The average Bonchev–Trinajstić information content (AvgIpc) is 3.23. The molecule has 1 heterocycles. The Morgan fingerprint density at radius 2 is 1.95 bits per heavy atom. The summed E-state index contributed by atoms with van der Waals surface area (Å²) < 4.78 is 37.8. The fourth-order valence-corrected chi connectivity index (χ4v) is 3.84. The minimum atomic E-state index is -4.27. The summed E-state index contributed by atoms with van der Waals surface area (Å²) >= 11 is 1.13. The van der Waals surface area contributed by atoms with Gasteiger partial charge in [-0.25, -0.2) is 0 Å². The fourth-order valence-electron chi connectivity index (χ4n) is 2.55. The molecule has 21 heavy (non-hydrogen) atoms. The first-order chi connectivity index (χ1) is 9.78. The summed E-state index contributed by atoms with van der Waals surface area (Å²) in [6.45, 7) is -1.02. The van der Waals surface area contributed by atoms with Gasteiger partial charge in [0.25, 0.3) is 0 Å². The summed E-state index contributed by atoms with van der Waals surface area (Å²) in [6, 6.07) is 0. The number of carbonyl (C=O) groups excluding carboxylic acids is 1. The van der Waals surface area contributed by atoms with Crippen molar-refractivity contribution in [2.24, 2.45) is 5.92 Å². The number of hydrogen-bond donors (Lipinski definition) is 1. The van der Waals surface area contributed by atoms with Gasteiger partial charge >= 0.3 is 6.18 Å². The van der Waals surface area contributed by atoms with Crippen molar-refractivity contribution < 1.29 is 18.0 Å². The fraction of sp³-hybridized carbons (Fsp3) is 0.643. The molecule has 2 fully saturated rings. The number of Topliss-reactive ketones (excluding diaryl/α,β-unsaturated/α-hetero) is 1. The molecule has 0 atom stereocenters. The van der Waals surface area contributed by atoms with Crippen LogP contribution >= 0.6 is 11.3 Å². The number of thiophene rings is 1. The van der Waals surface area contributed by atoms with Crippen molar-refractivity contribution in [3.63, 3.8) is 0 Å². The molecule has 2 aliphatic carbocycles. The molecule has 2 saturated carbocycles. The first-order valence-electron chi connectivity index (χ1n) is 7.02. The molecular formula is C14H17F3N2OS. The molecule has 0 aromatic carbocycles. The smallest absolute Gasteiger partial charge is 0.397 e. The Bertz CT molecular complexity index is 574. The number of nitrogen functional groups attached to an aromatic ring is 1. The monoisotopic (exact) mass is 318 g/mol. The van der Waals surface area contributed by atoms with Gasteiger partial charge < -0.3 is 10.6 Å². The van der Waals surface area contributed by atoms with Gasteiger partial charge in [0.15, 0.2) is 5.78 Å². The molecule has 3 rings (SSSR count). The third kappa shape index (κ3) is 3.02. The molecule has 2 aliphatic rings. The number of rotatable bonds is 5. The Hall–Kier alpha value is -1.24. The van der Waals surface area contributed by atoms with E-state index < -0.39 is 12.7 Å². The molecule has 7 heteroatoms. The van der Waals surface area contributed by atoms with Crippen molar-refractivity contribution in [3.05, 3.63) is 10.4 Å². The molecule has 1 aromatic heterocycles. The summed E-state index contributed by atoms with van der Waals surface area (Å²) in [6.07, 6.45) is -0.671. The Kier molecular flexibility index (Phi) is 3.43. The highest BCUT2D eigenvalue weighted by Gasteiger charge is 2.39.